The van der Waals surface area contributed by atoms with Crippen molar-refractivity contribution in [1.29, 1.82) is 0 Å². The Bertz CT molecular complexity index is 1510. The molecule has 0 saturated carbocycles. The van der Waals surface area contributed by atoms with E-state index >= 15 is 0 Å². The average molecular weight is 560 g/mol. The van der Waals surface area contributed by atoms with Gasteiger partial charge in [-0.05, 0) is 59.2 Å². The van der Waals surface area contributed by atoms with Gasteiger partial charge in [-0.1, -0.05) is 48.5 Å². The van der Waals surface area contributed by atoms with E-state index < -0.39 is 21.7 Å². The van der Waals surface area contributed by atoms with Crippen molar-refractivity contribution in [3.8, 4) is 5.75 Å². The number of pyridine rings is 1. The van der Waals surface area contributed by atoms with Gasteiger partial charge >= 0.3 is 5.97 Å². The van der Waals surface area contributed by atoms with Crippen LogP contribution in [0.15, 0.2) is 108 Å². The summed E-state index contributed by atoms with van der Waals surface area (Å²) in [5.41, 5.74) is 6.09. The van der Waals surface area contributed by atoms with Gasteiger partial charge in [-0.15, -0.1) is 0 Å². The largest absolute Gasteiger partial charge is 0.489 e. The second-order valence-corrected chi connectivity index (χ2v) is 11.1. The Hall–Kier alpha value is -4.54. The van der Waals surface area contributed by atoms with Crippen LogP contribution in [-0.4, -0.2) is 36.6 Å². The molecule has 0 radical (unpaired) electrons. The van der Waals surface area contributed by atoms with Crippen LogP contribution in [0.3, 0.4) is 0 Å². The molecule has 1 aromatic heterocycles. The third-order valence-corrected chi connectivity index (χ3v) is 8.00. The fraction of sp³-hybridized carbons (Fsp3) is 0.167. The van der Waals surface area contributed by atoms with Crippen molar-refractivity contribution in [2.45, 2.75) is 30.4 Å². The molecule has 2 N–H and O–H groups in total. The van der Waals surface area contributed by atoms with Crippen molar-refractivity contribution >= 4 is 27.9 Å². The summed E-state index contributed by atoms with van der Waals surface area (Å²) in [5, 5.41) is 10.7. The number of hydrogen-bond donors (Lipinski definition) is 2. The number of benzene rings is 3. The molecule has 0 aliphatic heterocycles. The summed E-state index contributed by atoms with van der Waals surface area (Å²) in [4.78, 5) is 27.2. The summed E-state index contributed by atoms with van der Waals surface area (Å²) in [6, 6.07) is 25.8. The number of carboxylic acid groups (broad SMARTS) is 1. The summed E-state index contributed by atoms with van der Waals surface area (Å²) in [6.45, 7) is 0.620. The van der Waals surface area contributed by atoms with Crippen LogP contribution < -0.4 is 15.2 Å². The fourth-order valence-electron chi connectivity index (χ4n) is 4.14. The molecule has 206 valence electrons. The number of anilines is 1. The molecule has 1 atom stereocenters. The number of ether oxygens (including phenoxy) is 1. The quantitative estimate of drug-likeness (QED) is 0.172. The molecule has 0 saturated heterocycles. The number of nitrogens with one attached hydrogen (secondary N) is 1. The van der Waals surface area contributed by atoms with Gasteiger partial charge in [0.25, 0.3) is 0 Å². The second-order valence-electron chi connectivity index (χ2n) is 9.09. The van der Waals surface area contributed by atoms with Crippen LogP contribution in [-0.2, 0) is 32.6 Å². The molecule has 0 spiro atoms. The summed E-state index contributed by atoms with van der Waals surface area (Å²) in [5.74, 6) is -1.58. The van der Waals surface area contributed by atoms with E-state index in [1.165, 1.54) is 17.1 Å². The first kappa shape index (κ1) is 28.5. The molecule has 0 aliphatic carbocycles. The lowest BCUT2D eigenvalue weighted by molar-refractivity contribution is -0.137. The van der Waals surface area contributed by atoms with Gasteiger partial charge in [-0.25, -0.2) is 18.9 Å². The Morgan fingerprint density at radius 1 is 0.975 bits per heavy atom. The molecular formula is C30H29N3O6S. The van der Waals surface area contributed by atoms with Crippen LogP contribution in [0, 0.1) is 0 Å². The Morgan fingerprint density at radius 2 is 1.73 bits per heavy atom. The zero-order chi connectivity index (χ0) is 28.4. The van der Waals surface area contributed by atoms with E-state index in [0.29, 0.717) is 30.0 Å². The Morgan fingerprint density at radius 3 is 2.40 bits per heavy atom. The first-order valence-corrected chi connectivity index (χ1v) is 14.2. The smallest absolute Gasteiger partial charge is 0.303 e. The molecule has 1 unspecified atom stereocenters. The van der Waals surface area contributed by atoms with Crippen molar-refractivity contribution in [1.82, 2.24) is 10.4 Å². The number of rotatable bonds is 14. The number of carboxylic acids is 1. The lowest BCUT2D eigenvalue weighted by Crippen LogP contribution is -2.36. The van der Waals surface area contributed by atoms with E-state index in [9.17, 15) is 23.1 Å². The van der Waals surface area contributed by atoms with Gasteiger partial charge in [0.2, 0.25) is 6.41 Å². The highest BCUT2D eigenvalue weighted by atomic mass is 32.2. The van der Waals surface area contributed by atoms with E-state index in [2.05, 4.69) is 10.4 Å². The van der Waals surface area contributed by atoms with E-state index in [-0.39, 0.29) is 23.7 Å². The molecule has 4 rings (SSSR count). The summed E-state index contributed by atoms with van der Waals surface area (Å²) in [7, 11) is -3.75. The third-order valence-electron chi connectivity index (χ3n) is 6.17. The van der Waals surface area contributed by atoms with Gasteiger partial charge in [0, 0.05) is 24.9 Å². The van der Waals surface area contributed by atoms with Crippen LogP contribution in [0.2, 0.25) is 0 Å². The van der Waals surface area contributed by atoms with E-state index in [1.807, 2.05) is 30.3 Å². The van der Waals surface area contributed by atoms with Crippen LogP contribution in [0.25, 0.3) is 0 Å². The van der Waals surface area contributed by atoms with Crippen molar-refractivity contribution in [3.05, 3.63) is 120 Å². The molecule has 0 aliphatic rings. The summed E-state index contributed by atoms with van der Waals surface area (Å²) < 4.78 is 32.0. The van der Waals surface area contributed by atoms with Crippen LogP contribution in [0.5, 0.6) is 5.75 Å². The molecule has 3 aromatic carbocycles. The third kappa shape index (κ3) is 7.98. The van der Waals surface area contributed by atoms with Gasteiger partial charge in [0.1, 0.15) is 12.4 Å². The number of aliphatic carboxylic acids is 1. The van der Waals surface area contributed by atoms with Gasteiger partial charge in [-0.3, -0.25) is 14.6 Å². The number of carbonyl (C=O) groups is 2. The van der Waals surface area contributed by atoms with Crippen LogP contribution in [0.1, 0.15) is 29.0 Å². The lowest BCUT2D eigenvalue weighted by Gasteiger charge is -2.19. The Labute approximate surface area is 233 Å². The lowest BCUT2D eigenvalue weighted by atomic mass is 9.98. The highest BCUT2D eigenvalue weighted by molar-refractivity contribution is 7.91. The normalized spacial score (nSPS) is 11.9. The predicted molar refractivity (Wildman–Crippen MR) is 150 cm³/mol. The zero-order valence-electron chi connectivity index (χ0n) is 21.6. The maximum Gasteiger partial charge on any atom is 0.303 e. The van der Waals surface area contributed by atoms with E-state index in [4.69, 9.17) is 4.74 Å². The Kier molecular flexibility index (Phi) is 9.61. The number of aromatic nitrogens is 1. The first-order chi connectivity index (χ1) is 19.3. The molecule has 1 heterocycles. The standard InChI is InChI=1S/C30H29N3O6S/c34-22-33(32-19-24-7-5-15-31-18-24)27-10-4-6-23(16-27)20-39-28-11-13-29(14-12-28)40(37,38)21-26(17-30(35)36)25-8-2-1-3-9-25/h1-16,18,22,26,32H,17,19-21H2,(H,35,36). The number of hydrazine groups is 1. The van der Waals surface area contributed by atoms with Crippen molar-refractivity contribution in [2.75, 3.05) is 10.8 Å². The Balaban J connectivity index is 1.38. The van der Waals surface area contributed by atoms with Gasteiger partial charge < -0.3 is 9.84 Å². The molecule has 4 aromatic rings. The minimum atomic E-state index is -3.75. The van der Waals surface area contributed by atoms with Crippen molar-refractivity contribution < 1.29 is 27.9 Å². The maximum absolute atomic E-state index is 13.1. The zero-order valence-corrected chi connectivity index (χ0v) is 22.4. The number of carbonyl (C=O) groups excluding carboxylic acids is 1. The second kappa shape index (κ2) is 13.5. The van der Waals surface area contributed by atoms with Crippen molar-refractivity contribution in [2.24, 2.45) is 0 Å². The van der Waals surface area contributed by atoms with Gasteiger partial charge in [0.15, 0.2) is 9.84 Å². The van der Waals surface area contributed by atoms with E-state index in [1.54, 1.807) is 60.9 Å². The topological polar surface area (TPSA) is 126 Å². The maximum atomic E-state index is 13.1. The van der Waals surface area contributed by atoms with E-state index in [0.717, 1.165) is 11.1 Å². The SMILES string of the molecule is O=CN(NCc1cccnc1)c1cccc(COc2ccc(S(=O)(=O)CC(CC(=O)O)c3ccccc3)cc2)c1. The van der Waals surface area contributed by atoms with Gasteiger partial charge in [0.05, 0.1) is 22.8 Å². The molecular weight excluding hydrogens is 530 g/mol. The van der Waals surface area contributed by atoms with Gasteiger partial charge in [-0.2, -0.15) is 0 Å². The van der Waals surface area contributed by atoms with Crippen LogP contribution in [0.4, 0.5) is 5.69 Å². The molecule has 0 fully saturated rings. The first-order valence-electron chi connectivity index (χ1n) is 12.5. The highest BCUT2D eigenvalue weighted by Crippen LogP contribution is 2.26. The van der Waals surface area contributed by atoms with Crippen molar-refractivity contribution in [3.63, 3.8) is 0 Å². The summed E-state index contributed by atoms with van der Waals surface area (Å²) >= 11 is 0. The average Bonchev–Trinajstić information content (AvgIpc) is 2.97. The predicted octanol–water partition coefficient (Wildman–Crippen LogP) is 4.36. The number of amides is 1. The number of sulfone groups is 1. The molecule has 1 amide bonds. The summed E-state index contributed by atoms with van der Waals surface area (Å²) in [6.07, 6.45) is 3.80. The fourth-order valence-corrected chi connectivity index (χ4v) is 5.73. The molecule has 40 heavy (non-hydrogen) atoms. The minimum absolute atomic E-state index is 0.0921. The molecule has 0 bridgehead atoms. The monoisotopic (exact) mass is 559 g/mol. The highest BCUT2D eigenvalue weighted by Gasteiger charge is 2.25. The minimum Gasteiger partial charge on any atom is -0.489 e. The van der Waals surface area contributed by atoms with Crippen LogP contribution >= 0.6 is 0 Å². The molecule has 10 heteroatoms. The number of nitrogens with zero attached hydrogens (tertiary/aromatic N) is 2. The number of hydrogen-bond acceptors (Lipinski definition) is 7. The molecule has 9 nitrogen and oxygen atoms in total.